The zero-order chi connectivity index (χ0) is 24.8. The van der Waals surface area contributed by atoms with Crippen LogP contribution >= 0.6 is 0 Å². The Labute approximate surface area is 209 Å². The molecule has 6 nitrogen and oxygen atoms in total. The lowest BCUT2D eigenvalue weighted by Crippen LogP contribution is -2.47. The van der Waals surface area contributed by atoms with Crippen LogP contribution in [0.15, 0.2) is 66.9 Å². The number of imidazole rings is 1. The van der Waals surface area contributed by atoms with E-state index in [0.717, 1.165) is 36.3 Å². The van der Waals surface area contributed by atoms with Crippen molar-refractivity contribution in [3.8, 4) is 11.3 Å². The molecule has 1 amide bonds. The molecule has 3 aromatic rings. The lowest BCUT2D eigenvalue weighted by Gasteiger charge is -2.41. The van der Waals surface area contributed by atoms with Crippen LogP contribution in [0.5, 0.6) is 0 Å². The molecule has 1 aromatic heterocycles. The number of ether oxygens (including phenoxy) is 1. The van der Waals surface area contributed by atoms with E-state index >= 15 is 0 Å². The molecule has 0 aliphatic carbocycles. The van der Waals surface area contributed by atoms with Gasteiger partial charge in [0, 0.05) is 31.5 Å². The molecular formula is C29H38N4O2. The van der Waals surface area contributed by atoms with Crippen LogP contribution in [0.25, 0.3) is 11.3 Å². The highest BCUT2D eigenvalue weighted by atomic mass is 16.5. The lowest BCUT2D eigenvalue weighted by atomic mass is 9.84. The first-order chi connectivity index (χ1) is 16.9. The van der Waals surface area contributed by atoms with Gasteiger partial charge in [-0.25, -0.2) is 4.98 Å². The Hall–Kier alpha value is -2.96. The van der Waals surface area contributed by atoms with E-state index in [9.17, 15) is 4.79 Å². The molecule has 0 bridgehead atoms. The first-order valence-electron chi connectivity index (χ1n) is 12.7. The second-order valence-electron chi connectivity index (χ2n) is 10.4. The Kier molecular flexibility index (Phi) is 8.04. The highest BCUT2D eigenvalue weighted by Gasteiger charge is 2.41. The first kappa shape index (κ1) is 25.1. The van der Waals surface area contributed by atoms with E-state index < -0.39 is 0 Å². The van der Waals surface area contributed by atoms with E-state index in [4.69, 9.17) is 15.5 Å². The number of hydrogen-bond acceptors (Lipinski definition) is 4. The number of carbonyl (C=O) groups is 1. The standard InChI is InChI=1S/C29H38N4O2/c1-29(2,3)26(33(18-11-17-30)28(34)25-16-10-19-35-25)27-31-24(23-14-8-5-9-15-23)21-32(27)20-22-12-6-4-7-13-22/h4-9,12-15,21,25-26H,10-11,16-20,30H2,1-3H3/t25-,26-/m0/s1. The average Bonchev–Trinajstić information content (AvgIpc) is 3.53. The van der Waals surface area contributed by atoms with Crippen LogP contribution in [-0.4, -0.2) is 46.2 Å². The number of rotatable bonds is 9. The minimum atomic E-state index is -0.385. The molecule has 0 radical (unpaired) electrons. The fourth-order valence-corrected chi connectivity index (χ4v) is 4.88. The Balaban J connectivity index is 1.81. The summed E-state index contributed by atoms with van der Waals surface area (Å²) < 4.78 is 8.04. The largest absolute Gasteiger partial charge is 0.368 e. The second kappa shape index (κ2) is 11.2. The normalized spacial score (nSPS) is 16.9. The van der Waals surface area contributed by atoms with Crippen molar-refractivity contribution in [2.75, 3.05) is 19.7 Å². The fourth-order valence-electron chi connectivity index (χ4n) is 4.88. The number of hydrogen-bond donors (Lipinski definition) is 1. The van der Waals surface area contributed by atoms with Crippen LogP contribution in [-0.2, 0) is 16.1 Å². The number of carbonyl (C=O) groups excluding carboxylic acids is 1. The molecule has 2 aromatic carbocycles. The van der Waals surface area contributed by atoms with Crippen molar-refractivity contribution in [1.82, 2.24) is 14.5 Å². The monoisotopic (exact) mass is 474 g/mol. The minimum absolute atomic E-state index is 0.0476. The molecule has 2 atom stereocenters. The minimum Gasteiger partial charge on any atom is -0.368 e. The number of amides is 1. The Bertz CT molecular complexity index is 1080. The van der Waals surface area contributed by atoms with Gasteiger partial charge in [-0.2, -0.15) is 0 Å². The maximum Gasteiger partial charge on any atom is 0.252 e. The smallest absolute Gasteiger partial charge is 0.252 e. The first-order valence-corrected chi connectivity index (χ1v) is 12.7. The molecule has 1 aliphatic heterocycles. The second-order valence-corrected chi connectivity index (χ2v) is 10.4. The van der Waals surface area contributed by atoms with Crippen molar-refractivity contribution < 1.29 is 9.53 Å². The Morgan fingerprint density at radius 2 is 1.83 bits per heavy atom. The van der Waals surface area contributed by atoms with Gasteiger partial charge >= 0.3 is 0 Å². The average molecular weight is 475 g/mol. The van der Waals surface area contributed by atoms with E-state index in [-0.39, 0.29) is 23.5 Å². The van der Waals surface area contributed by atoms with Gasteiger partial charge in [-0.3, -0.25) is 4.79 Å². The molecule has 35 heavy (non-hydrogen) atoms. The highest BCUT2D eigenvalue weighted by Crippen LogP contribution is 2.40. The summed E-state index contributed by atoms with van der Waals surface area (Å²) in [6.07, 6.45) is 4.15. The van der Waals surface area contributed by atoms with Gasteiger partial charge < -0.3 is 19.9 Å². The quantitative estimate of drug-likeness (QED) is 0.471. The summed E-state index contributed by atoms with van der Waals surface area (Å²) in [5, 5.41) is 0. The maximum atomic E-state index is 13.8. The predicted molar refractivity (Wildman–Crippen MR) is 140 cm³/mol. The van der Waals surface area contributed by atoms with Crippen molar-refractivity contribution in [2.24, 2.45) is 11.1 Å². The number of aromatic nitrogens is 2. The van der Waals surface area contributed by atoms with Crippen LogP contribution in [0.2, 0.25) is 0 Å². The van der Waals surface area contributed by atoms with Gasteiger partial charge in [0.15, 0.2) is 0 Å². The molecule has 4 rings (SSSR count). The molecular weight excluding hydrogens is 436 g/mol. The van der Waals surface area contributed by atoms with E-state index in [0.29, 0.717) is 26.2 Å². The van der Waals surface area contributed by atoms with E-state index in [1.807, 2.05) is 29.2 Å². The van der Waals surface area contributed by atoms with Crippen LogP contribution in [0.3, 0.4) is 0 Å². The van der Waals surface area contributed by atoms with Gasteiger partial charge in [0.2, 0.25) is 0 Å². The van der Waals surface area contributed by atoms with Crippen molar-refractivity contribution in [3.63, 3.8) is 0 Å². The molecule has 1 fully saturated rings. The van der Waals surface area contributed by atoms with Crippen molar-refractivity contribution in [3.05, 3.63) is 78.2 Å². The summed E-state index contributed by atoms with van der Waals surface area (Å²) in [7, 11) is 0. The summed E-state index contributed by atoms with van der Waals surface area (Å²) in [6, 6.07) is 20.4. The molecule has 2 N–H and O–H groups in total. The third-order valence-electron chi connectivity index (χ3n) is 6.54. The van der Waals surface area contributed by atoms with Crippen molar-refractivity contribution in [1.29, 1.82) is 0 Å². The number of nitrogens with zero attached hydrogens (tertiary/aromatic N) is 3. The lowest BCUT2D eigenvalue weighted by molar-refractivity contribution is -0.146. The molecule has 6 heteroatoms. The molecule has 1 aliphatic rings. The zero-order valence-corrected chi connectivity index (χ0v) is 21.2. The summed E-state index contributed by atoms with van der Waals surface area (Å²) in [4.78, 5) is 20.9. The topological polar surface area (TPSA) is 73.4 Å². The molecule has 2 heterocycles. The molecule has 0 saturated carbocycles. The van der Waals surface area contributed by atoms with Crippen LogP contribution in [0.4, 0.5) is 0 Å². The highest BCUT2D eigenvalue weighted by molar-refractivity contribution is 5.81. The third kappa shape index (κ3) is 6.00. The van der Waals surface area contributed by atoms with Crippen LogP contribution in [0, 0.1) is 5.41 Å². The number of benzene rings is 2. The Morgan fingerprint density at radius 1 is 1.14 bits per heavy atom. The van der Waals surface area contributed by atoms with Gasteiger partial charge in [0.05, 0.1) is 11.7 Å². The van der Waals surface area contributed by atoms with Gasteiger partial charge in [-0.05, 0) is 36.8 Å². The maximum absolute atomic E-state index is 13.8. The van der Waals surface area contributed by atoms with E-state index in [1.54, 1.807) is 0 Å². The van der Waals surface area contributed by atoms with Crippen molar-refractivity contribution >= 4 is 5.91 Å². The summed E-state index contributed by atoms with van der Waals surface area (Å²) in [6.45, 7) is 8.97. The summed E-state index contributed by atoms with van der Waals surface area (Å²) in [5.41, 5.74) is 8.81. The third-order valence-corrected chi connectivity index (χ3v) is 6.54. The van der Waals surface area contributed by atoms with Gasteiger partial charge in [-0.1, -0.05) is 81.4 Å². The molecule has 0 spiro atoms. The predicted octanol–water partition coefficient (Wildman–Crippen LogP) is 5.04. The van der Waals surface area contributed by atoms with E-state index in [1.165, 1.54) is 5.56 Å². The van der Waals surface area contributed by atoms with Gasteiger partial charge in [-0.15, -0.1) is 0 Å². The Morgan fingerprint density at radius 3 is 2.43 bits per heavy atom. The number of nitrogens with two attached hydrogens (primary N) is 1. The molecule has 1 saturated heterocycles. The van der Waals surface area contributed by atoms with Gasteiger partial charge in [0.25, 0.3) is 5.91 Å². The van der Waals surface area contributed by atoms with Crippen LogP contribution in [0.1, 0.15) is 57.5 Å². The SMILES string of the molecule is CC(C)(C)[C@H](c1nc(-c2ccccc2)cn1Cc1ccccc1)N(CCCN)C(=O)[C@@H]1CCCO1. The van der Waals surface area contributed by atoms with Crippen molar-refractivity contribution in [2.45, 2.75) is 58.7 Å². The van der Waals surface area contributed by atoms with Crippen LogP contribution < -0.4 is 5.73 Å². The fraction of sp³-hybridized carbons (Fsp3) is 0.448. The zero-order valence-electron chi connectivity index (χ0n) is 21.2. The van der Waals surface area contributed by atoms with E-state index in [2.05, 4.69) is 67.9 Å². The molecule has 0 unspecified atom stereocenters. The summed E-state index contributed by atoms with van der Waals surface area (Å²) >= 11 is 0. The summed E-state index contributed by atoms with van der Waals surface area (Å²) in [5.74, 6) is 0.940. The van der Waals surface area contributed by atoms with Gasteiger partial charge in [0.1, 0.15) is 11.9 Å². The molecule has 186 valence electrons.